The summed E-state index contributed by atoms with van der Waals surface area (Å²) in [6.07, 6.45) is 1.01. The topological polar surface area (TPSA) is 74.6 Å². The molecule has 0 spiro atoms. The van der Waals surface area contributed by atoms with Gasteiger partial charge in [0.25, 0.3) is 0 Å². The Morgan fingerprint density at radius 3 is 2.21 bits per heavy atom. The number of nitrogens with zero attached hydrogens (tertiary/aromatic N) is 2. The fourth-order valence-electron chi connectivity index (χ4n) is 3.23. The van der Waals surface area contributed by atoms with Crippen LogP contribution in [0.15, 0.2) is 12.1 Å². The van der Waals surface area contributed by atoms with Gasteiger partial charge >= 0.3 is 0 Å². The average molecular weight is 389 g/mol. The lowest BCUT2D eigenvalue weighted by molar-refractivity contribution is -0.116. The lowest BCUT2D eigenvalue weighted by Crippen LogP contribution is -2.13. The fraction of sp³-hybridized carbons (Fsp3) is 0.524. The van der Waals surface area contributed by atoms with E-state index in [1.165, 1.54) is 0 Å². The van der Waals surface area contributed by atoms with Crippen molar-refractivity contribution in [1.29, 1.82) is 0 Å². The number of hydrogen-bond donors (Lipinski definition) is 1. The van der Waals surface area contributed by atoms with Crippen molar-refractivity contribution in [2.75, 3.05) is 26.6 Å². The van der Waals surface area contributed by atoms with Gasteiger partial charge in [0.1, 0.15) is 0 Å². The Hall–Kier alpha value is -2.70. The molecule has 0 aliphatic carbocycles. The van der Waals surface area contributed by atoms with Crippen LogP contribution >= 0.6 is 0 Å². The molecule has 1 amide bonds. The van der Waals surface area contributed by atoms with E-state index < -0.39 is 0 Å². The van der Waals surface area contributed by atoms with Crippen LogP contribution in [0.1, 0.15) is 37.2 Å². The minimum absolute atomic E-state index is 0.0790. The van der Waals surface area contributed by atoms with Crippen molar-refractivity contribution in [3.63, 3.8) is 0 Å². The first kappa shape index (κ1) is 21.6. The Labute approximate surface area is 167 Å². The van der Waals surface area contributed by atoms with Crippen molar-refractivity contribution in [3.8, 4) is 17.2 Å². The van der Waals surface area contributed by atoms with Crippen LogP contribution in [0.3, 0.4) is 0 Å². The maximum Gasteiger partial charge on any atom is 0.224 e. The smallest absolute Gasteiger partial charge is 0.224 e. The molecule has 2 aromatic rings. The standard InChI is InChI=1S/C21H31N3O4/c1-13(2)12-24-15(4)17(14(3)23-24)8-9-20(25)22-16-10-18(26-5)21(28-7)19(11-16)27-6/h10-11,13H,8-9,12H2,1-7H3,(H,22,25). The molecule has 1 aromatic carbocycles. The zero-order valence-electron chi connectivity index (χ0n) is 17.9. The normalized spacial score (nSPS) is 10.9. The zero-order chi connectivity index (χ0) is 20.8. The number of amides is 1. The number of methoxy groups -OCH3 is 3. The van der Waals surface area contributed by atoms with Gasteiger partial charge in [0.15, 0.2) is 11.5 Å². The molecular formula is C21H31N3O4. The maximum atomic E-state index is 12.5. The SMILES string of the molecule is COc1cc(NC(=O)CCc2c(C)nn(CC(C)C)c2C)cc(OC)c1OC. The first-order chi connectivity index (χ1) is 13.3. The summed E-state index contributed by atoms with van der Waals surface area (Å²) in [5, 5.41) is 7.52. The van der Waals surface area contributed by atoms with Gasteiger partial charge in [-0.05, 0) is 31.7 Å². The molecule has 154 valence electrons. The summed E-state index contributed by atoms with van der Waals surface area (Å²) in [5.74, 6) is 1.93. The zero-order valence-corrected chi connectivity index (χ0v) is 17.9. The third-order valence-electron chi connectivity index (χ3n) is 4.62. The molecular weight excluding hydrogens is 358 g/mol. The van der Waals surface area contributed by atoms with Crippen LogP contribution < -0.4 is 19.5 Å². The molecule has 1 N–H and O–H groups in total. The fourth-order valence-corrected chi connectivity index (χ4v) is 3.23. The summed E-state index contributed by atoms with van der Waals surface area (Å²) in [4.78, 5) is 12.5. The number of benzene rings is 1. The van der Waals surface area contributed by atoms with Gasteiger partial charge in [-0.3, -0.25) is 9.48 Å². The van der Waals surface area contributed by atoms with Crippen molar-refractivity contribution >= 4 is 11.6 Å². The third kappa shape index (κ3) is 4.97. The lowest BCUT2D eigenvalue weighted by Gasteiger charge is -2.14. The highest BCUT2D eigenvalue weighted by Gasteiger charge is 2.16. The number of carbonyl (C=O) groups excluding carboxylic acids is 1. The summed E-state index contributed by atoms with van der Waals surface area (Å²) >= 11 is 0. The van der Waals surface area contributed by atoms with Crippen molar-refractivity contribution in [2.45, 2.75) is 47.1 Å². The second-order valence-corrected chi connectivity index (χ2v) is 7.19. The van der Waals surface area contributed by atoms with Gasteiger partial charge < -0.3 is 19.5 Å². The first-order valence-electron chi connectivity index (χ1n) is 9.43. The molecule has 0 radical (unpaired) electrons. The van der Waals surface area contributed by atoms with Crippen LogP contribution in [0, 0.1) is 19.8 Å². The van der Waals surface area contributed by atoms with Crippen LogP contribution in [0.25, 0.3) is 0 Å². The Morgan fingerprint density at radius 1 is 1.11 bits per heavy atom. The summed E-state index contributed by atoms with van der Waals surface area (Å²) in [7, 11) is 4.63. The van der Waals surface area contributed by atoms with Crippen molar-refractivity contribution < 1.29 is 19.0 Å². The molecule has 0 aliphatic rings. The molecule has 1 heterocycles. The number of rotatable bonds is 9. The van der Waals surface area contributed by atoms with Crippen molar-refractivity contribution in [3.05, 3.63) is 29.1 Å². The maximum absolute atomic E-state index is 12.5. The Bertz CT molecular complexity index is 802. The minimum Gasteiger partial charge on any atom is -0.493 e. The van der Waals surface area contributed by atoms with Crippen LogP contribution in [0.4, 0.5) is 5.69 Å². The Kier molecular flexibility index (Phi) is 7.31. The van der Waals surface area contributed by atoms with Gasteiger partial charge in [-0.1, -0.05) is 13.8 Å². The van der Waals surface area contributed by atoms with E-state index in [1.807, 2.05) is 11.6 Å². The third-order valence-corrected chi connectivity index (χ3v) is 4.62. The second kappa shape index (κ2) is 9.48. The number of hydrogen-bond acceptors (Lipinski definition) is 5. The van der Waals surface area contributed by atoms with E-state index in [0.29, 0.717) is 41.7 Å². The van der Waals surface area contributed by atoms with E-state index in [0.717, 1.165) is 23.5 Å². The van der Waals surface area contributed by atoms with E-state index in [1.54, 1.807) is 33.5 Å². The molecule has 0 saturated heterocycles. The largest absolute Gasteiger partial charge is 0.493 e. The Morgan fingerprint density at radius 2 is 1.71 bits per heavy atom. The average Bonchev–Trinajstić information content (AvgIpc) is 2.91. The number of aryl methyl sites for hydroxylation is 1. The highest BCUT2D eigenvalue weighted by Crippen LogP contribution is 2.39. The molecule has 0 bridgehead atoms. The molecule has 0 unspecified atom stereocenters. The van der Waals surface area contributed by atoms with Crippen LogP contribution in [0.5, 0.6) is 17.2 Å². The quantitative estimate of drug-likeness (QED) is 0.707. The first-order valence-corrected chi connectivity index (χ1v) is 9.43. The van der Waals surface area contributed by atoms with E-state index in [4.69, 9.17) is 14.2 Å². The predicted molar refractivity (Wildman–Crippen MR) is 110 cm³/mol. The molecule has 7 nitrogen and oxygen atoms in total. The monoisotopic (exact) mass is 389 g/mol. The van der Waals surface area contributed by atoms with Gasteiger partial charge in [0.05, 0.1) is 27.0 Å². The van der Waals surface area contributed by atoms with Gasteiger partial charge in [-0.2, -0.15) is 5.10 Å². The molecule has 7 heteroatoms. The molecule has 0 atom stereocenters. The van der Waals surface area contributed by atoms with Gasteiger partial charge in [0, 0.05) is 36.5 Å². The molecule has 0 fully saturated rings. The van der Waals surface area contributed by atoms with Crippen molar-refractivity contribution in [1.82, 2.24) is 9.78 Å². The number of anilines is 1. The van der Waals surface area contributed by atoms with E-state index in [2.05, 4.69) is 31.2 Å². The van der Waals surface area contributed by atoms with E-state index in [-0.39, 0.29) is 5.91 Å². The minimum atomic E-state index is -0.0790. The molecule has 0 saturated carbocycles. The number of aromatic nitrogens is 2. The number of carbonyl (C=O) groups is 1. The Balaban J connectivity index is 2.08. The van der Waals surface area contributed by atoms with Crippen LogP contribution in [-0.2, 0) is 17.8 Å². The highest BCUT2D eigenvalue weighted by atomic mass is 16.5. The summed E-state index contributed by atoms with van der Waals surface area (Å²) in [6.45, 7) is 9.28. The molecule has 0 aliphatic heterocycles. The van der Waals surface area contributed by atoms with Crippen LogP contribution in [-0.4, -0.2) is 37.0 Å². The summed E-state index contributed by atoms with van der Waals surface area (Å²) in [6, 6.07) is 3.44. The molecule has 2 rings (SSSR count). The number of nitrogens with one attached hydrogen (secondary N) is 1. The second-order valence-electron chi connectivity index (χ2n) is 7.19. The van der Waals surface area contributed by atoms with Gasteiger partial charge in [0.2, 0.25) is 11.7 Å². The molecule has 1 aromatic heterocycles. The van der Waals surface area contributed by atoms with Crippen molar-refractivity contribution in [2.24, 2.45) is 5.92 Å². The predicted octanol–water partition coefficient (Wildman–Crippen LogP) is 3.75. The summed E-state index contributed by atoms with van der Waals surface area (Å²) in [5.41, 5.74) is 3.86. The van der Waals surface area contributed by atoms with E-state index >= 15 is 0 Å². The van der Waals surface area contributed by atoms with Crippen LogP contribution in [0.2, 0.25) is 0 Å². The number of ether oxygens (including phenoxy) is 3. The van der Waals surface area contributed by atoms with Gasteiger partial charge in [-0.15, -0.1) is 0 Å². The highest BCUT2D eigenvalue weighted by molar-refractivity contribution is 5.91. The van der Waals surface area contributed by atoms with Gasteiger partial charge in [-0.25, -0.2) is 0 Å². The summed E-state index contributed by atoms with van der Waals surface area (Å²) < 4.78 is 18.0. The van der Waals surface area contributed by atoms with E-state index in [9.17, 15) is 4.79 Å². The molecule has 28 heavy (non-hydrogen) atoms. The lowest BCUT2D eigenvalue weighted by atomic mass is 10.1.